The number of aromatic amines is 1. The van der Waals surface area contributed by atoms with E-state index in [4.69, 9.17) is 5.73 Å². The third-order valence-electron chi connectivity index (χ3n) is 3.61. The molecule has 1 fully saturated rings. The third-order valence-corrected chi connectivity index (χ3v) is 3.61. The van der Waals surface area contributed by atoms with Crippen LogP contribution in [-0.2, 0) is 11.3 Å². The molecular formula is C13H21Cl2N3O2. The number of amides is 1. The summed E-state index contributed by atoms with van der Waals surface area (Å²) in [7, 11) is 0. The van der Waals surface area contributed by atoms with Crippen LogP contribution in [0.25, 0.3) is 0 Å². The van der Waals surface area contributed by atoms with Crippen LogP contribution in [0, 0.1) is 11.8 Å². The molecule has 0 aromatic carbocycles. The van der Waals surface area contributed by atoms with Crippen molar-refractivity contribution in [2.75, 3.05) is 6.54 Å². The van der Waals surface area contributed by atoms with Crippen LogP contribution in [0.15, 0.2) is 23.1 Å². The summed E-state index contributed by atoms with van der Waals surface area (Å²) < 4.78 is 0. The molecule has 0 bridgehead atoms. The number of nitrogens with one attached hydrogen (secondary N) is 2. The fourth-order valence-electron chi connectivity index (χ4n) is 2.54. The molecule has 1 heterocycles. The first-order valence-corrected chi connectivity index (χ1v) is 6.36. The van der Waals surface area contributed by atoms with E-state index < -0.39 is 0 Å². The van der Waals surface area contributed by atoms with Crippen LogP contribution in [0.1, 0.15) is 24.8 Å². The van der Waals surface area contributed by atoms with Gasteiger partial charge in [0.05, 0.1) is 0 Å². The average molecular weight is 322 g/mol. The second-order valence-corrected chi connectivity index (χ2v) is 4.81. The van der Waals surface area contributed by atoms with E-state index in [0.29, 0.717) is 19.0 Å². The number of pyridine rings is 1. The SMILES string of the molecule is Cl.Cl.NC[C@H]1CCC[C@H]1C(=O)NCc1ccc(=O)[nH]c1. The van der Waals surface area contributed by atoms with Crippen molar-refractivity contribution >= 4 is 30.7 Å². The fraction of sp³-hybridized carbons (Fsp3) is 0.538. The summed E-state index contributed by atoms with van der Waals surface area (Å²) in [5, 5.41) is 2.91. The Morgan fingerprint density at radius 1 is 1.35 bits per heavy atom. The molecule has 0 unspecified atom stereocenters. The zero-order valence-corrected chi connectivity index (χ0v) is 12.8. The molecule has 0 spiro atoms. The van der Waals surface area contributed by atoms with Gasteiger partial charge >= 0.3 is 0 Å². The van der Waals surface area contributed by atoms with Gasteiger partial charge in [-0.1, -0.05) is 12.5 Å². The number of aromatic nitrogens is 1. The highest BCUT2D eigenvalue weighted by Crippen LogP contribution is 2.30. The first-order valence-electron chi connectivity index (χ1n) is 6.36. The van der Waals surface area contributed by atoms with Gasteiger partial charge < -0.3 is 16.0 Å². The highest BCUT2D eigenvalue weighted by Gasteiger charge is 2.31. The zero-order valence-electron chi connectivity index (χ0n) is 11.1. The van der Waals surface area contributed by atoms with Crippen LogP contribution >= 0.6 is 24.8 Å². The van der Waals surface area contributed by atoms with Crippen LogP contribution in [0.4, 0.5) is 0 Å². The van der Waals surface area contributed by atoms with Crippen molar-refractivity contribution in [2.45, 2.75) is 25.8 Å². The van der Waals surface area contributed by atoms with Crippen molar-refractivity contribution in [3.8, 4) is 0 Å². The van der Waals surface area contributed by atoms with Gasteiger partial charge in [0.2, 0.25) is 11.5 Å². The number of rotatable bonds is 4. The minimum atomic E-state index is -0.135. The monoisotopic (exact) mass is 321 g/mol. The molecule has 5 nitrogen and oxygen atoms in total. The lowest BCUT2D eigenvalue weighted by Gasteiger charge is -2.17. The Morgan fingerprint density at radius 3 is 2.70 bits per heavy atom. The van der Waals surface area contributed by atoms with E-state index in [9.17, 15) is 9.59 Å². The highest BCUT2D eigenvalue weighted by molar-refractivity contribution is 5.85. The van der Waals surface area contributed by atoms with Crippen LogP contribution < -0.4 is 16.6 Å². The van der Waals surface area contributed by atoms with Crippen molar-refractivity contribution in [3.05, 3.63) is 34.2 Å². The van der Waals surface area contributed by atoms with Crippen LogP contribution in [0.2, 0.25) is 0 Å². The molecule has 1 amide bonds. The predicted octanol–water partition coefficient (Wildman–Crippen LogP) is 1.21. The summed E-state index contributed by atoms with van der Waals surface area (Å²) in [5.74, 6) is 0.451. The van der Waals surface area contributed by atoms with E-state index in [0.717, 1.165) is 24.8 Å². The van der Waals surface area contributed by atoms with Gasteiger partial charge in [0.1, 0.15) is 0 Å². The number of carbonyl (C=O) groups is 1. The molecule has 1 aromatic heterocycles. The smallest absolute Gasteiger partial charge is 0.247 e. The number of hydrogen-bond acceptors (Lipinski definition) is 3. The summed E-state index contributed by atoms with van der Waals surface area (Å²) in [4.78, 5) is 25.5. The number of hydrogen-bond donors (Lipinski definition) is 3. The lowest BCUT2D eigenvalue weighted by atomic mass is 9.95. The molecule has 1 aliphatic rings. The van der Waals surface area contributed by atoms with E-state index in [1.165, 1.54) is 6.07 Å². The molecule has 1 aromatic rings. The highest BCUT2D eigenvalue weighted by atomic mass is 35.5. The summed E-state index contributed by atoms with van der Waals surface area (Å²) in [6.07, 6.45) is 4.68. The first-order chi connectivity index (χ1) is 8.70. The molecule has 2 rings (SSSR count). The van der Waals surface area contributed by atoms with Crippen LogP contribution in [0.3, 0.4) is 0 Å². The van der Waals surface area contributed by atoms with Crippen LogP contribution in [-0.4, -0.2) is 17.4 Å². The quantitative estimate of drug-likeness (QED) is 0.778. The van der Waals surface area contributed by atoms with Crippen molar-refractivity contribution < 1.29 is 4.79 Å². The minimum absolute atomic E-state index is 0. The summed E-state index contributed by atoms with van der Waals surface area (Å²) >= 11 is 0. The van der Waals surface area contributed by atoms with Gasteiger partial charge in [-0.15, -0.1) is 24.8 Å². The van der Waals surface area contributed by atoms with Crippen molar-refractivity contribution in [1.29, 1.82) is 0 Å². The Balaban J connectivity index is 0.00000180. The standard InChI is InChI=1S/C13H19N3O2.2ClH/c14-6-10-2-1-3-11(10)13(18)16-8-9-4-5-12(17)15-7-9;;/h4-5,7,10-11H,1-3,6,8,14H2,(H,15,17)(H,16,18);2*1H/t10-,11-;;/m1../s1. The summed E-state index contributed by atoms with van der Waals surface area (Å²) in [6, 6.07) is 3.17. The first kappa shape index (κ1) is 19.0. The second-order valence-electron chi connectivity index (χ2n) is 4.81. The molecule has 4 N–H and O–H groups in total. The van der Waals surface area contributed by atoms with Gasteiger partial charge in [0.15, 0.2) is 0 Å². The van der Waals surface area contributed by atoms with Crippen molar-refractivity contribution in [3.63, 3.8) is 0 Å². The van der Waals surface area contributed by atoms with Crippen molar-refractivity contribution in [2.24, 2.45) is 17.6 Å². The Hall–Kier alpha value is -1.04. The van der Waals surface area contributed by atoms with E-state index in [2.05, 4.69) is 10.3 Å². The number of H-pyrrole nitrogens is 1. The molecule has 1 aliphatic carbocycles. The van der Waals surface area contributed by atoms with E-state index in [-0.39, 0.29) is 42.2 Å². The van der Waals surface area contributed by atoms with Gasteiger partial charge in [0.25, 0.3) is 0 Å². The van der Waals surface area contributed by atoms with Gasteiger partial charge in [-0.05, 0) is 30.9 Å². The van der Waals surface area contributed by atoms with E-state index in [1.807, 2.05) is 0 Å². The maximum atomic E-state index is 12.0. The molecule has 0 radical (unpaired) electrons. The summed E-state index contributed by atoms with van der Waals surface area (Å²) in [5.41, 5.74) is 6.42. The maximum Gasteiger partial charge on any atom is 0.247 e. The number of nitrogens with two attached hydrogens (primary N) is 1. The Morgan fingerprint density at radius 2 is 2.10 bits per heavy atom. The lowest BCUT2D eigenvalue weighted by Crippen LogP contribution is -2.34. The summed E-state index contributed by atoms with van der Waals surface area (Å²) in [6.45, 7) is 1.03. The van der Waals surface area contributed by atoms with E-state index >= 15 is 0 Å². The molecule has 0 aliphatic heterocycles. The van der Waals surface area contributed by atoms with E-state index in [1.54, 1.807) is 12.3 Å². The van der Waals surface area contributed by atoms with Gasteiger partial charge in [-0.2, -0.15) is 0 Å². The minimum Gasteiger partial charge on any atom is -0.352 e. The molecule has 1 saturated carbocycles. The third kappa shape index (κ3) is 4.81. The van der Waals surface area contributed by atoms with Gasteiger partial charge in [-0.3, -0.25) is 9.59 Å². The fourth-order valence-corrected chi connectivity index (χ4v) is 2.54. The largest absolute Gasteiger partial charge is 0.352 e. The van der Waals surface area contributed by atoms with Gasteiger partial charge in [0, 0.05) is 24.7 Å². The Bertz CT molecular complexity index is 458. The molecule has 0 saturated heterocycles. The Labute approximate surface area is 130 Å². The molecule has 7 heteroatoms. The zero-order chi connectivity index (χ0) is 13.0. The topological polar surface area (TPSA) is 88.0 Å². The normalized spacial score (nSPS) is 20.6. The lowest BCUT2D eigenvalue weighted by molar-refractivity contribution is -0.126. The maximum absolute atomic E-state index is 12.0. The molecular weight excluding hydrogens is 301 g/mol. The average Bonchev–Trinajstić information content (AvgIpc) is 2.86. The predicted molar refractivity (Wildman–Crippen MR) is 83.3 cm³/mol. The molecule has 114 valence electrons. The molecule has 20 heavy (non-hydrogen) atoms. The number of halogens is 2. The number of carbonyl (C=O) groups excluding carboxylic acids is 1. The van der Waals surface area contributed by atoms with Crippen LogP contribution in [0.5, 0.6) is 0 Å². The van der Waals surface area contributed by atoms with Gasteiger partial charge in [-0.25, -0.2) is 0 Å². The second kappa shape index (κ2) is 9.00. The van der Waals surface area contributed by atoms with Crippen molar-refractivity contribution in [1.82, 2.24) is 10.3 Å². The Kier molecular flexibility index (Phi) is 8.53. The molecule has 2 atom stereocenters.